The minimum atomic E-state index is -0.749. The normalized spacial score (nSPS) is 17.8. The number of allylic oxidation sites excluding steroid dienone is 2. The quantitative estimate of drug-likeness (QED) is 0.834. The van der Waals surface area contributed by atoms with Gasteiger partial charge in [-0.1, -0.05) is 12.1 Å². The van der Waals surface area contributed by atoms with Gasteiger partial charge < -0.3 is 15.8 Å². The van der Waals surface area contributed by atoms with Crippen LogP contribution < -0.4 is 11.1 Å². The first-order valence-corrected chi connectivity index (χ1v) is 6.79. The van der Waals surface area contributed by atoms with Crippen LogP contribution in [-0.2, 0) is 9.53 Å². The van der Waals surface area contributed by atoms with Gasteiger partial charge in [0.25, 0.3) is 0 Å². The lowest BCUT2D eigenvalue weighted by molar-refractivity contribution is -0.138. The van der Waals surface area contributed by atoms with Crippen LogP contribution in [0.2, 0.25) is 0 Å². The monoisotopic (exact) mass is 301 g/mol. The average molecular weight is 301 g/mol. The molecular weight excluding hydrogens is 285 g/mol. The van der Waals surface area contributed by atoms with Gasteiger partial charge in [-0.3, -0.25) is 0 Å². The van der Waals surface area contributed by atoms with E-state index in [2.05, 4.69) is 5.32 Å². The molecule has 3 N–H and O–H groups in total. The number of dihydropyridines is 1. The number of rotatable bonds is 3. The van der Waals surface area contributed by atoms with E-state index >= 15 is 0 Å². The summed E-state index contributed by atoms with van der Waals surface area (Å²) in [6, 6.07) is 7.75. The van der Waals surface area contributed by atoms with Crippen LogP contribution in [0.5, 0.6) is 0 Å². The van der Waals surface area contributed by atoms with E-state index in [1.165, 1.54) is 18.2 Å². The van der Waals surface area contributed by atoms with Crippen molar-refractivity contribution in [3.63, 3.8) is 0 Å². The number of halogens is 1. The third-order valence-electron chi connectivity index (χ3n) is 3.39. The molecular formula is C16H16FN3O2. The summed E-state index contributed by atoms with van der Waals surface area (Å²) in [7, 11) is 0. The standard InChI is InChI=1S/C16H16FN3O2/c1-3-22-16(21)13-9(2)20-15(19)12(8-18)14(13)10-5-4-6-11(17)7-10/h4-7,14,20H,3,19H2,1-2H3. The Labute approximate surface area is 127 Å². The molecule has 1 aliphatic rings. The van der Waals surface area contributed by atoms with Gasteiger partial charge in [-0.15, -0.1) is 0 Å². The van der Waals surface area contributed by atoms with Crippen LogP contribution in [0.25, 0.3) is 0 Å². The number of hydrogen-bond acceptors (Lipinski definition) is 5. The molecule has 6 heteroatoms. The number of esters is 1. The Morgan fingerprint density at radius 1 is 1.55 bits per heavy atom. The molecule has 0 saturated heterocycles. The van der Waals surface area contributed by atoms with Gasteiger partial charge in [-0.05, 0) is 31.5 Å². The van der Waals surface area contributed by atoms with E-state index in [-0.39, 0.29) is 23.6 Å². The zero-order valence-electron chi connectivity index (χ0n) is 12.3. The highest BCUT2D eigenvalue weighted by molar-refractivity contribution is 5.93. The van der Waals surface area contributed by atoms with Crippen molar-refractivity contribution < 1.29 is 13.9 Å². The van der Waals surface area contributed by atoms with Crippen LogP contribution in [0.3, 0.4) is 0 Å². The van der Waals surface area contributed by atoms with Crippen LogP contribution >= 0.6 is 0 Å². The van der Waals surface area contributed by atoms with Gasteiger partial charge in [0.15, 0.2) is 0 Å². The first kappa shape index (κ1) is 15.6. The number of carbonyl (C=O) groups is 1. The lowest BCUT2D eigenvalue weighted by atomic mass is 9.82. The molecule has 0 aliphatic carbocycles. The molecule has 1 unspecified atom stereocenters. The summed E-state index contributed by atoms with van der Waals surface area (Å²) in [6.07, 6.45) is 0. The lowest BCUT2D eigenvalue weighted by Crippen LogP contribution is -2.32. The topological polar surface area (TPSA) is 88.1 Å². The fourth-order valence-corrected chi connectivity index (χ4v) is 2.48. The maximum atomic E-state index is 13.5. The van der Waals surface area contributed by atoms with Crippen molar-refractivity contribution in [2.24, 2.45) is 5.73 Å². The SMILES string of the molecule is CCOC(=O)C1=C(C)NC(N)=C(C#N)C1c1cccc(F)c1. The fourth-order valence-electron chi connectivity index (χ4n) is 2.48. The smallest absolute Gasteiger partial charge is 0.336 e. The first-order valence-electron chi connectivity index (χ1n) is 6.79. The van der Waals surface area contributed by atoms with Crippen LogP contribution in [0, 0.1) is 17.1 Å². The van der Waals surface area contributed by atoms with Crippen LogP contribution in [0.4, 0.5) is 4.39 Å². The molecule has 1 aliphatic heterocycles. The zero-order valence-corrected chi connectivity index (χ0v) is 12.3. The summed E-state index contributed by atoms with van der Waals surface area (Å²) in [5.41, 5.74) is 7.24. The molecule has 5 nitrogen and oxygen atoms in total. The molecule has 1 atom stereocenters. The molecule has 1 aromatic rings. The van der Waals surface area contributed by atoms with Crippen molar-refractivity contribution in [3.8, 4) is 6.07 Å². The zero-order chi connectivity index (χ0) is 16.3. The van der Waals surface area contributed by atoms with Gasteiger partial charge in [-0.25, -0.2) is 9.18 Å². The number of nitrogens with zero attached hydrogens (tertiary/aromatic N) is 1. The van der Waals surface area contributed by atoms with Gasteiger partial charge in [0.1, 0.15) is 11.6 Å². The number of carbonyl (C=O) groups excluding carboxylic acids is 1. The summed E-state index contributed by atoms with van der Waals surface area (Å²) < 4.78 is 18.6. The number of nitriles is 1. The van der Waals surface area contributed by atoms with E-state index in [0.29, 0.717) is 11.3 Å². The summed E-state index contributed by atoms with van der Waals surface area (Å²) in [5, 5.41) is 12.2. The van der Waals surface area contributed by atoms with Crippen molar-refractivity contribution >= 4 is 5.97 Å². The molecule has 0 aromatic heterocycles. The number of nitrogens with two attached hydrogens (primary N) is 1. The van der Waals surface area contributed by atoms with Gasteiger partial charge >= 0.3 is 5.97 Å². The highest BCUT2D eigenvalue weighted by atomic mass is 19.1. The Morgan fingerprint density at radius 2 is 2.27 bits per heavy atom. The molecule has 0 radical (unpaired) electrons. The second kappa shape index (κ2) is 6.31. The Balaban J connectivity index is 2.62. The Kier molecular flexibility index (Phi) is 4.47. The van der Waals surface area contributed by atoms with E-state index in [1.807, 2.05) is 6.07 Å². The minimum Gasteiger partial charge on any atom is -0.463 e. The second-order valence-corrected chi connectivity index (χ2v) is 4.81. The third kappa shape index (κ3) is 2.79. The molecule has 1 aromatic carbocycles. The molecule has 0 amide bonds. The number of benzene rings is 1. The largest absolute Gasteiger partial charge is 0.463 e. The Hall–Kier alpha value is -2.81. The van der Waals surface area contributed by atoms with Crippen LogP contribution in [0.15, 0.2) is 46.9 Å². The predicted octanol–water partition coefficient (Wildman–Crippen LogP) is 2.04. The molecule has 114 valence electrons. The Morgan fingerprint density at radius 3 is 2.86 bits per heavy atom. The van der Waals surface area contributed by atoms with E-state index in [0.717, 1.165) is 0 Å². The van der Waals surface area contributed by atoms with Crippen molar-refractivity contribution in [1.29, 1.82) is 5.26 Å². The van der Waals surface area contributed by atoms with Crippen molar-refractivity contribution in [1.82, 2.24) is 5.32 Å². The number of hydrogen-bond donors (Lipinski definition) is 2. The molecule has 0 bridgehead atoms. The first-order chi connectivity index (χ1) is 10.5. The average Bonchev–Trinajstić information content (AvgIpc) is 2.46. The van der Waals surface area contributed by atoms with E-state index in [9.17, 15) is 14.4 Å². The number of ether oxygens (including phenoxy) is 1. The molecule has 0 spiro atoms. The third-order valence-corrected chi connectivity index (χ3v) is 3.39. The summed E-state index contributed by atoms with van der Waals surface area (Å²) in [4.78, 5) is 12.3. The fraction of sp³-hybridized carbons (Fsp3) is 0.250. The highest BCUT2D eigenvalue weighted by Crippen LogP contribution is 2.37. The van der Waals surface area contributed by atoms with Crippen molar-refractivity contribution in [2.45, 2.75) is 19.8 Å². The summed E-state index contributed by atoms with van der Waals surface area (Å²) in [6.45, 7) is 3.56. The molecule has 0 saturated carbocycles. The summed E-state index contributed by atoms with van der Waals surface area (Å²) in [5.74, 6) is -1.60. The number of nitrogens with one attached hydrogen (secondary N) is 1. The van der Waals surface area contributed by atoms with Gasteiger partial charge in [0.05, 0.1) is 29.7 Å². The molecule has 2 rings (SSSR count). The predicted molar refractivity (Wildman–Crippen MR) is 78.4 cm³/mol. The summed E-state index contributed by atoms with van der Waals surface area (Å²) >= 11 is 0. The Bertz CT molecular complexity index is 716. The molecule has 22 heavy (non-hydrogen) atoms. The molecule has 1 heterocycles. The second-order valence-electron chi connectivity index (χ2n) is 4.81. The van der Waals surface area contributed by atoms with Crippen molar-refractivity contribution in [3.05, 3.63) is 58.3 Å². The van der Waals surface area contributed by atoms with E-state index in [1.54, 1.807) is 19.9 Å². The van der Waals surface area contributed by atoms with E-state index in [4.69, 9.17) is 10.5 Å². The van der Waals surface area contributed by atoms with Crippen molar-refractivity contribution in [2.75, 3.05) is 6.61 Å². The van der Waals surface area contributed by atoms with Crippen LogP contribution in [0.1, 0.15) is 25.3 Å². The lowest BCUT2D eigenvalue weighted by Gasteiger charge is -2.28. The van der Waals surface area contributed by atoms with Gasteiger partial charge in [-0.2, -0.15) is 5.26 Å². The van der Waals surface area contributed by atoms with Gasteiger partial charge in [0, 0.05) is 5.70 Å². The van der Waals surface area contributed by atoms with E-state index < -0.39 is 17.7 Å². The maximum Gasteiger partial charge on any atom is 0.336 e. The van der Waals surface area contributed by atoms with Crippen LogP contribution in [-0.4, -0.2) is 12.6 Å². The maximum absolute atomic E-state index is 13.5. The highest BCUT2D eigenvalue weighted by Gasteiger charge is 2.34. The minimum absolute atomic E-state index is 0.155. The molecule has 0 fully saturated rings. The van der Waals surface area contributed by atoms with Gasteiger partial charge in [0.2, 0.25) is 0 Å².